The van der Waals surface area contributed by atoms with Gasteiger partial charge in [-0.05, 0) is 37.0 Å². The Bertz CT molecular complexity index is 431. The molecule has 0 spiro atoms. The molecule has 1 heterocycles. The largest absolute Gasteiger partial charge is 0.273 e. The van der Waals surface area contributed by atoms with E-state index >= 15 is 0 Å². The van der Waals surface area contributed by atoms with Gasteiger partial charge in [0.15, 0.2) is 0 Å². The number of nitrogens with zero attached hydrogens (tertiary/aromatic N) is 1. The predicted octanol–water partition coefficient (Wildman–Crippen LogP) is 3.48. The summed E-state index contributed by atoms with van der Waals surface area (Å²) in [6, 6.07) is 5.33. The highest BCUT2D eigenvalue weighted by molar-refractivity contribution is 6.35. The molecule has 1 aliphatic heterocycles. The molecule has 0 atom stereocenters. The molecule has 0 aromatic heterocycles. The smallest absolute Gasteiger partial charge is 0.246 e. The third-order valence-corrected chi connectivity index (χ3v) is 3.49. The SMILES string of the molecule is O=C(CCc1ccc(Cl)cc1Cl)N1CCCCO1. The number of halogens is 2. The fraction of sp³-hybridized carbons (Fsp3) is 0.462. The maximum Gasteiger partial charge on any atom is 0.246 e. The average molecular weight is 288 g/mol. The Balaban J connectivity index is 1.88. The van der Waals surface area contributed by atoms with Crippen LogP contribution in [0.2, 0.25) is 10.0 Å². The van der Waals surface area contributed by atoms with E-state index in [4.69, 9.17) is 28.0 Å². The average Bonchev–Trinajstić information content (AvgIpc) is 2.38. The van der Waals surface area contributed by atoms with Crippen molar-refractivity contribution in [2.45, 2.75) is 25.7 Å². The van der Waals surface area contributed by atoms with Gasteiger partial charge < -0.3 is 0 Å². The molecular formula is C13H15Cl2NO2. The van der Waals surface area contributed by atoms with Crippen LogP contribution in [0.25, 0.3) is 0 Å². The molecule has 1 aliphatic rings. The summed E-state index contributed by atoms with van der Waals surface area (Å²) in [6.07, 6.45) is 3.04. The zero-order valence-electron chi connectivity index (χ0n) is 9.99. The van der Waals surface area contributed by atoms with Crippen LogP contribution in [0.5, 0.6) is 0 Å². The molecule has 3 nitrogen and oxygen atoms in total. The summed E-state index contributed by atoms with van der Waals surface area (Å²) in [4.78, 5) is 17.2. The lowest BCUT2D eigenvalue weighted by Gasteiger charge is -2.25. The second-order valence-electron chi connectivity index (χ2n) is 4.27. The van der Waals surface area contributed by atoms with Crippen molar-refractivity contribution in [1.82, 2.24) is 5.06 Å². The van der Waals surface area contributed by atoms with Gasteiger partial charge >= 0.3 is 0 Å². The standard InChI is InChI=1S/C13H15Cl2NO2/c14-11-5-3-10(12(15)9-11)4-6-13(17)16-7-1-2-8-18-16/h3,5,9H,1-2,4,6-8H2. The number of hydroxylamine groups is 2. The fourth-order valence-corrected chi connectivity index (χ4v) is 2.39. The van der Waals surface area contributed by atoms with Crippen molar-refractivity contribution in [1.29, 1.82) is 0 Å². The van der Waals surface area contributed by atoms with Crippen LogP contribution in [0, 0.1) is 0 Å². The van der Waals surface area contributed by atoms with E-state index in [1.165, 1.54) is 5.06 Å². The molecule has 0 radical (unpaired) electrons. The van der Waals surface area contributed by atoms with Crippen LogP contribution in [-0.4, -0.2) is 24.1 Å². The summed E-state index contributed by atoms with van der Waals surface area (Å²) in [5, 5.41) is 2.68. The monoisotopic (exact) mass is 287 g/mol. The van der Waals surface area contributed by atoms with E-state index in [0.29, 0.717) is 36.0 Å². The van der Waals surface area contributed by atoms with E-state index < -0.39 is 0 Å². The van der Waals surface area contributed by atoms with E-state index in [9.17, 15) is 4.79 Å². The van der Waals surface area contributed by atoms with Crippen LogP contribution in [0.3, 0.4) is 0 Å². The first kappa shape index (κ1) is 13.7. The minimum atomic E-state index is 0.0146. The van der Waals surface area contributed by atoms with Crippen LogP contribution in [-0.2, 0) is 16.1 Å². The van der Waals surface area contributed by atoms with Gasteiger partial charge in [0, 0.05) is 23.0 Å². The second kappa shape index (κ2) is 6.41. The number of carbonyl (C=O) groups is 1. The topological polar surface area (TPSA) is 29.5 Å². The third-order valence-electron chi connectivity index (χ3n) is 2.90. The lowest BCUT2D eigenvalue weighted by Crippen LogP contribution is -2.35. The van der Waals surface area contributed by atoms with Crippen molar-refractivity contribution in [3.63, 3.8) is 0 Å². The van der Waals surface area contributed by atoms with Crippen LogP contribution in [0.15, 0.2) is 18.2 Å². The van der Waals surface area contributed by atoms with Gasteiger partial charge in [0.2, 0.25) is 5.91 Å². The molecule has 18 heavy (non-hydrogen) atoms. The lowest BCUT2D eigenvalue weighted by molar-refractivity contribution is -0.197. The highest BCUT2D eigenvalue weighted by Gasteiger charge is 2.17. The summed E-state index contributed by atoms with van der Waals surface area (Å²) in [7, 11) is 0. The minimum Gasteiger partial charge on any atom is -0.273 e. The first-order chi connectivity index (χ1) is 8.66. The normalized spacial score (nSPS) is 15.8. The molecule has 1 saturated heterocycles. The van der Waals surface area contributed by atoms with Crippen molar-refractivity contribution >= 4 is 29.1 Å². The Kier molecular flexibility index (Phi) is 4.87. The Labute approximate surface area is 117 Å². The number of amides is 1. The van der Waals surface area contributed by atoms with Crippen molar-refractivity contribution < 1.29 is 9.63 Å². The Morgan fingerprint density at radius 2 is 2.17 bits per heavy atom. The maximum atomic E-state index is 11.9. The molecule has 1 aromatic rings. The zero-order valence-corrected chi connectivity index (χ0v) is 11.5. The number of benzene rings is 1. The van der Waals surface area contributed by atoms with Crippen LogP contribution >= 0.6 is 23.2 Å². The van der Waals surface area contributed by atoms with Gasteiger partial charge in [-0.15, -0.1) is 0 Å². The number of carbonyl (C=O) groups excluding carboxylic acids is 1. The summed E-state index contributed by atoms with van der Waals surface area (Å²) in [5.74, 6) is 0.0146. The van der Waals surface area contributed by atoms with E-state index in [2.05, 4.69) is 0 Å². The van der Waals surface area contributed by atoms with Crippen LogP contribution in [0.4, 0.5) is 0 Å². The second-order valence-corrected chi connectivity index (χ2v) is 5.12. The van der Waals surface area contributed by atoms with Crippen molar-refractivity contribution in [2.75, 3.05) is 13.2 Å². The molecule has 0 bridgehead atoms. The molecule has 1 aromatic carbocycles. The molecule has 0 saturated carbocycles. The van der Waals surface area contributed by atoms with E-state index in [-0.39, 0.29) is 5.91 Å². The molecule has 0 aliphatic carbocycles. The molecule has 5 heteroatoms. The molecule has 2 rings (SSSR count). The first-order valence-corrected chi connectivity index (χ1v) is 6.79. The summed E-state index contributed by atoms with van der Waals surface area (Å²) < 4.78 is 0. The number of rotatable bonds is 3. The first-order valence-electron chi connectivity index (χ1n) is 6.04. The molecule has 98 valence electrons. The van der Waals surface area contributed by atoms with Crippen molar-refractivity contribution in [3.05, 3.63) is 33.8 Å². The number of hydrogen-bond donors (Lipinski definition) is 0. The van der Waals surface area contributed by atoms with Crippen LogP contribution in [0.1, 0.15) is 24.8 Å². The minimum absolute atomic E-state index is 0.0146. The summed E-state index contributed by atoms with van der Waals surface area (Å²) >= 11 is 11.9. The van der Waals surface area contributed by atoms with Gasteiger partial charge in [0.25, 0.3) is 0 Å². The Hall–Kier alpha value is -0.770. The van der Waals surface area contributed by atoms with Gasteiger partial charge in [-0.25, -0.2) is 5.06 Å². The van der Waals surface area contributed by atoms with Crippen LogP contribution < -0.4 is 0 Å². The summed E-state index contributed by atoms with van der Waals surface area (Å²) in [6.45, 7) is 1.32. The van der Waals surface area contributed by atoms with E-state index in [1.54, 1.807) is 12.1 Å². The van der Waals surface area contributed by atoms with Crippen molar-refractivity contribution in [2.24, 2.45) is 0 Å². The maximum absolute atomic E-state index is 11.9. The molecule has 1 amide bonds. The quantitative estimate of drug-likeness (QED) is 0.852. The zero-order chi connectivity index (χ0) is 13.0. The lowest BCUT2D eigenvalue weighted by atomic mass is 10.1. The van der Waals surface area contributed by atoms with Gasteiger partial charge in [-0.2, -0.15) is 0 Å². The van der Waals surface area contributed by atoms with Gasteiger partial charge in [-0.1, -0.05) is 29.3 Å². The van der Waals surface area contributed by atoms with Gasteiger partial charge in [-0.3, -0.25) is 9.63 Å². The van der Waals surface area contributed by atoms with E-state index in [1.807, 2.05) is 6.07 Å². The Morgan fingerprint density at radius 3 is 2.83 bits per heavy atom. The van der Waals surface area contributed by atoms with Crippen molar-refractivity contribution in [3.8, 4) is 0 Å². The summed E-state index contributed by atoms with van der Waals surface area (Å²) in [5.41, 5.74) is 0.937. The molecule has 1 fully saturated rings. The fourth-order valence-electron chi connectivity index (χ4n) is 1.88. The van der Waals surface area contributed by atoms with Gasteiger partial charge in [0.05, 0.1) is 6.61 Å². The molecule has 0 unspecified atom stereocenters. The number of aryl methyl sites for hydroxylation is 1. The third kappa shape index (κ3) is 3.61. The van der Waals surface area contributed by atoms with Gasteiger partial charge in [0.1, 0.15) is 0 Å². The highest BCUT2D eigenvalue weighted by Crippen LogP contribution is 2.22. The highest BCUT2D eigenvalue weighted by atomic mass is 35.5. The predicted molar refractivity (Wildman–Crippen MR) is 71.7 cm³/mol. The Morgan fingerprint density at radius 1 is 1.33 bits per heavy atom. The molecular weight excluding hydrogens is 273 g/mol. The number of hydrogen-bond acceptors (Lipinski definition) is 2. The van der Waals surface area contributed by atoms with E-state index in [0.717, 1.165) is 18.4 Å². The molecule has 0 N–H and O–H groups in total.